The lowest BCUT2D eigenvalue weighted by molar-refractivity contribution is -0.155. The van der Waals surface area contributed by atoms with Crippen LogP contribution in [0.15, 0.2) is 54.5 Å². The molecule has 0 aromatic rings. The molecule has 212 valence electrons. The zero-order valence-electron chi connectivity index (χ0n) is 23.1. The van der Waals surface area contributed by atoms with E-state index in [0.29, 0.717) is 44.0 Å². The Morgan fingerprint density at radius 3 is 2.29 bits per heavy atom. The van der Waals surface area contributed by atoms with E-state index in [4.69, 9.17) is 9.73 Å². The number of carbonyl (C=O) groups excluding carboxylic acids is 4. The van der Waals surface area contributed by atoms with Gasteiger partial charge in [-0.15, -0.1) is 6.58 Å². The van der Waals surface area contributed by atoms with Gasteiger partial charge in [0.05, 0.1) is 30.8 Å². The molecule has 1 saturated heterocycles. The van der Waals surface area contributed by atoms with Crippen molar-refractivity contribution in [3.05, 3.63) is 49.5 Å². The first-order valence-corrected chi connectivity index (χ1v) is 12.3. The van der Waals surface area contributed by atoms with Gasteiger partial charge >= 0.3 is 11.8 Å². The predicted molar refractivity (Wildman–Crippen MR) is 147 cm³/mol. The quantitative estimate of drug-likeness (QED) is 0.116. The number of aliphatic imine (C=N–C) groups is 1. The molecule has 3 heterocycles. The fraction of sp³-hybridized carbons (Fsp3) is 0.519. The summed E-state index contributed by atoms with van der Waals surface area (Å²) in [7, 11) is 6.47. The Labute approximate surface area is 225 Å². The van der Waals surface area contributed by atoms with Crippen LogP contribution in [0.1, 0.15) is 32.6 Å². The number of carbonyl (C=O) groups is 4. The highest BCUT2D eigenvalue weighted by molar-refractivity contribution is 6.35. The molecule has 3 unspecified atom stereocenters. The first-order chi connectivity index (χ1) is 18.1. The first kappa shape index (κ1) is 34.6. The third-order valence-corrected chi connectivity index (χ3v) is 5.94. The number of amidine groups is 1. The summed E-state index contributed by atoms with van der Waals surface area (Å²) < 4.78 is 16.7. The second-order valence-electron chi connectivity index (χ2n) is 8.67. The van der Waals surface area contributed by atoms with Crippen molar-refractivity contribution in [3.63, 3.8) is 0 Å². The predicted octanol–water partition coefficient (Wildman–Crippen LogP) is 1.95. The number of aldehydes is 2. The zero-order valence-corrected chi connectivity index (χ0v) is 23.1. The number of hydrogen-bond acceptors (Lipinski definition) is 8. The van der Waals surface area contributed by atoms with Gasteiger partial charge in [0.2, 0.25) is 0 Å². The van der Waals surface area contributed by atoms with Gasteiger partial charge in [0.1, 0.15) is 17.7 Å². The van der Waals surface area contributed by atoms with E-state index in [1.54, 1.807) is 0 Å². The minimum atomic E-state index is -1.02. The van der Waals surface area contributed by atoms with E-state index in [1.807, 2.05) is 20.0 Å². The molecule has 3 aliphatic rings. The number of halogens is 1. The third kappa shape index (κ3) is 10.1. The average Bonchev–Trinajstić information content (AvgIpc) is 3.17. The van der Waals surface area contributed by atoms with Gasteiger partial charge in [-0.2, -0.15) is 0 Å². The number of allylic oxidation sites excluding steroid dienone is 4. The topological polar surface area (TPSA) is 120 Å². The number of fused-ring (bicyclic) bond motifs is 3. The van der Waals surface area contributed by atoms with E-state index in [1.165, 1.54) is 43.1 Å². The molecular formula is C27H42FN5O5. The Bertz CT molecular complexity index is 892. The largest absolute Gasteiger partial charge is 0.373 e. The van der Waals surface area contributed by atoms with Crippen molar-refractivity contribution in [3.8, 4) is 0 Å². The molecule has 2 N–H and O–H groups in total. The molecule has 38 heavy (non-hydrogen) atoms. The van der Waals surface area contributed by atoms with Gasteiger partial charge in [-0.25, -0.2) is 4.39 Å². The maximum absolute atomic E-state index is 12.7. The summed E-state index contributed by atoms with van der Waals surface area (Å²) in [5.41, 5.74) is -0.989. The van der Waals surface area contributed by atoms with E-state index in [9.17, 15) is 23.6 Å². The normalized spacial score (nSPS) is 21.8. The molecule has 0 saturated carbocycles. The summed E-state index contributed by atoms with van der Waals surface area (Å²) in [5, 5.41) is 5.89. The first-order valence-electron chi connectivity index (χ1n) is 12.3. The molecule has 0 radical (unpaired) electrons. The third-order valence-electron chi connectivity index (χ3n) is 5.94. The minimum Gasteiger partial charge on any atom is -0.373 e. The minimum absolute atomic E-state index is 0.0307. The highest BCUT2D eigenvalue weighted by Crippen LogP contribution is 2.36. The fourth-order valence-corrected chi connectivity index (χ4v) is 3.71. The van der Waals surface area contributed by atoms with Crippen molar-refractivity contribution in [2.24, 2.45) is 4.99 Å². The molecule has 0 aromatic heterocycles. The number of nitrogens with one attached hydrogen (secondary N) is 2. The number of rotatable bonds is 9. The van der Waals surface area contributed by atoms with Gasteiger partial charge in [0.25, 0.3) is 0 Å². The van der Waals surface area contributed by atoms with Crippen LogP contribution in [0, 0.1) is 0 Å². The van der Waals surface area contributed by atoms with Crippen LogP contribution in [-0.2, 0) is 23.9 Å². The standard InChI is InChI=1S/C18H26N4O5.C5H11N.C4H5F/c1-5-13-14-6-8-18(11-27-14,22(4)16(26)15(25)21(2)3)17(20-13)19-12(10-24)7-9-23;1-3-4-5-6-2;1-2-3-4-5/h7,9-10,13-14H,5-6,8,11H2,1-4H3,(H,19,20);3,6H,1,4-5H2,2H3;2-4H,1H2/b12-7-;;4-3+. The Kier molecular flexibility index (Phi) is 17.1. The monoisotopic (exact) mass is 535 g/mol. The Morgan fingerprint density at radius 1 is 1.24 bits per heavy atom. The number of ether oxygens (including phenoxy) is 1. The molecule has 1 fully saturated rings. The van der Waals surface area contributed by atoms with Crippen LogP contribution in [0.4, 0.5) is 4.39 Å². The van der Waals surface area contributed by atoms with E-state index < -0.39 is 17.4 Å². The van der Waals surface area contributed by atoms with Gasteiger partial charge in [0, 0.05) is 27.2 Å². The maximum atomic E-state index is 12.7. The van der Waals surface area contributed by atoms with Gasteiger partial charge in [-0.3, -0.25) is 24.2 Å². The Morgan fingerprint density at radius 2 is 1.92 bits per heavy atom. The van der Waals surface area contributed by atoms with Crippen LogP contribution < -0.4 is 10.6 Å². The number of likely N-dealkylation sites (N-methyl/N-ethyl adjacent to an activating group) is 2. The molecule has 3 rings (SSSR count). The van der Waals surface area contributed by atoms with Crippen molar-refractivity contribution < 1.29 is 28.3 Å². The lowest BCUT2D eigenvalue weighted by atomic mass is 9.86. The van der Waals surface area contributed by atoms with E-state index in [-0.39, 0.29) is 24.4 Å². The van der Waals surface area contributed by atoms with Crippen molar-refractivity contribution in [1.82, 2.24) is 20.4 Å². The maximum Gasteiger partial charge on any atom is 0.312 e. The Hall–Kier alpha value is -3.44. The highest BCUT2D eigenvalue weighted by atomic mass is 19.1. The highest BCUT2D eigenvalue weighted by Gasteiger charge is 2.51. The molecular weight excluding hydrogens is 493 g/mol. The lowest BCUT2D eigenvalue weighted by Crippen LogP contribution is -2.64. The summed E-state index contributed by atoms with van der Waals surface area (Å²) in [5.74, 6) is -1.00. The molecule has 0 aliphatic carbocycles. The van der Waals surface area contributed by atoms with Crippen molar-refractivity contribution in [2.45, 2.75) is 50.3 Å². The van der Waals surface area contributed by atoms with Crippen LogP contribution in [0.25, 0.3) is 0 Å². The second kappa shape index (κ2) is 18.8. The Balaban J connectivity index is 0.00000104. The average molecular weight is 536 g/mol. The van der Waals surface area contributed by atoms with Crippen molar-refractivity contribution in [1.29, 1.82) is 0 Å². The van der Waals surface area contributed by atoms with Gasteiger partial charge in [-0.1, -0.05) is 25.7 Å². The summed E-state index contributed by atoms with van der Waals surface area (Å²) in [4.78, 5) is 54.3. The van der Waals surface area contributed by atoms with E-state index in [2.05, 4.69) is 23.8 Å². The molecule has 3 aliphatic heterocycles. The van der Waals surface area contributed by atoms with Crippen LogP contribution in [0.2, 0.25) is 0 Å². The molecule has 0 spiro atoms. The van der Waals surface area contributed by atoms with Gasteiger partial charge in [0.15, 0.2) is 6.29 Å². The van der Waals surface area contributed by atoms with Gasteiger partial charge in [-0.05, 0) is 45.4 Å². The molecule has 0 aromatic carbocycles. The number of nitrogens with zero attached hydrogens (tertiary/aromatic N) is 3. The van der Waals surface area contributed by atoms with Crippen LogP contribution in [0.3, 0.4) is 0 Å². The van der Waals surface area contributed by atoms with Crippen LogP contribution in [0.5, 0.6) is 0 Å². The van der Waals surface area contributed by atoms with Crippen molar-refractivity contribution in [2.75, 3.05) is 41.3 Å². The SMILES string of the molecule is C=C/C=C/F.C=CCCNC.CCC1N=C(N/C(C=O)=C\C=O)C2(N(C)C(=O)C(=O)N(C)C)CCC1OC2. The molecule has 2 bridgehead atoms. The lowest BCUT2D eigenvalue weighted by Gasteiger charge is -2.44. The number of hydrogen-bond donors (Lipinski definition) is 2. The summed E-state index contributed by atoms with van der Waals surface area (Å²) >= 11 is 0. The molecule has 2 amide bonds. The summed E-state index contributed by atoms with van der Waals surface area (Å²) in [6, 6.07) is -0.144. The van der Waals surface area contributed by atoms with Crippen molar-refractivity contribution >= 4 is 30.2 Å². The zero-order chi connectivity index (χ0) is 29.1. The second-order valence-corrected chi connectivity index (χ2v) is 8.67. The van der Waals surface area contributed by atoms with E-state index in [0.717, 1.165) is 19.0 Å². The molecule has 11 heteroatoms. The van der Waals surface area contributed by atoms with E-state index >= 15 is 0 Å². The summed E-state index contributed by atoms with van der Waals surface area (Å²) in [6.07, 6.45) is 9.91. The smallest absolute Gasteiger partial charge is 0.312 e. The van der Waals surface area contributed by atoms with Crippen LogP contribution >= 0.6 is 0 Å². The number of amides is 2. The molecule has 3 atom stereocenters. The summed E-state index contributed by atoms with van der Waals surface area (Å²) in [6.45, 7) is 9.95. The van der Waals surface area contributed by atoms with Crippen LogP contribution in [-0.4, -0.2) is 99.0 Å². The molecule has 10 nitrogen and oxygen atoms in total. The fourth-order valence-electron chi connectivity index (χ4n) is 3.71. The van der Waals surface area contributed by atoms with Gasteiger partial charge < -0.3 is 25.2 Å².